The maximum atomic E-state index is 12.4. The van der Waals surface area contributed by atoms with Gasteiger partial charge in [0.05, 0.1) is 19.5 Å². The standard InChI is InChI=1S/C16H20N4O2/c21-16(11-19-6-5-17-13-19)20-7-8-22-12-14(10-20)9-15-3-1-2-4-18-15/h1-6,13-14H,7-12H2/t14-/m0/s1. The lowest BCUT2D eigenvalue weighted by atomic mass is 10.0. The van der Waals surface area contributed by atoms with Gasteiger partial charge in [0.15, 0.2) is 0 Å². The van der Waals surface area contributed by atoms with Crippen LogP contribution in [0.4, 0.5) is 0 Å². The van der Waals surface area contributed by atoms with Crippen LogP contribution in [0.2, 0.25) is 0 Å². The van der Waals surface area contributed by atoms with E-state index in [0.717, 1.165) is 12.1 Å². The molecule has 1 aliphatic heterocycles. The summed E-state index contributed by atoms with van der Waals surface area (Å²) in [4.78, 5) is 22.6. The zero-order chi connectivity index (χ0) is 15.2. The molecule has 1 saturated heterocycles. The Morgan fingerprint density at radius 2 is 2.32 bits per heavy atom. The third kappa shape index (κ3) is 3.92. The van der Waals surface area contributed by atoms with Gasteiger partial charge in [0.25, 0.3) is 0 Å². The Balaban J connectivity index is 1.61. The van der Waals surface area contributed by atoms with Crippen molar-refractivity contribution < 1.29 is 9.53 Å². The maximum absolute atomic E-state index is 12.4. The van der Waals surface area contributed by atoms with Crippen molar-refractivity contribution in [1.82, 2.24) is 19.4 Å². The molecule has 2 aromatic heterocycles. The molecule has 3 heterocycles. The van der Waals surface area contributed by atoms with Gasteiger partial charge in [0.1, 0.15) is 6.54 Å². The van der Waals surface area contributed by atoms with Crippen molar-refractivity contribution >= 4 is 5.91 Å². The summed E-state index contributed by atoms with van der Waals surface area (Å²) in [5.74, 6) is 0.388. The van der Waals surface area contributed by atoms with Gasteiger partial charge in [0.2, 0.25) is 5.91 Å². The van der Waals surface area contributed by atoms with Crippen molar-refractivity contribution in [2.75, 3.05) is 26.3 Å². The number of pyridine rings is 1. The number of imidazole rings is 1. The smallest absolute Gasteiger partial charge is 0.242 e. The van der Waals surface area contributed by atoms with E-state index in [1.54, 1.807) is 29.5 Å². The molecule has 0 aromatic carbocycles. The summed E-state index contributed by atoms with van der Waals surface area (Å²) in [6, 6.07) is 5.92. The lowest BCUT2D eigenvalue weighted by Crippen LogP contribution is -2.38. The molecule has 6 nitrogen and oxygen atoms in total. The summed E-state index contributed by atoms with van der Waals surface area (Å²) in [5, 5.41) is 0. The minimum Gasteiger partial charge on any atom is -0.379 e. The largest absolute Gasteiger partial charge is 0.379 e. The van der Waals surface area contributed by atoms with Gasteiger partial charge in [-0.2, -0.15) is 0 Å². The number of carbonyl (C=O) groups is 1. The minimum absolute atomic E-state index is 0.106. The molecule has 1 fully saturated rings. The van der Waals surface area contributed by atoms with Crippen LogP contribution in [0.15, 0.2) is 43.1 Å². The Bertz CT molecular complexity index is 585. The molecule has 0 unspecified atom stereocenters. The third-order valence-corrected chi connectivity index (χ3v) is 3.79. The molecule has 0 N–H and O–H groups in total. The van der Waals surface area contributed by atoms with Gasteiger partial charge >= 0.3 is 0 Å². The molecule has 0 spiro atoms. The van der Waals surface area contributed by atoms with Crippen LogP contribution in [0.3, 0.4) is 0 Å². The normalized spacial score (nSPS) is 18.9. The van der Waals surface area contributed by atoms with E-state index < -0.39 is 0 Å². The van der Waals surface area contributed by atoms with E-state index in [0.29, 0.717) is 32.8 Å². The summed E-state index contributed by atoms with van der Waals surface area (Å²) in [6.07, 6.45) is 7.78. The summed E-state index contributed by atoms with van der Waals surface area (Å²) >= 11 is 0. The summed E-state index contributed by atoms with van der Waals surface area (Å²) in [6.45, 7) is 2.95. The third-order valence-electron chi connectivity index (χ3n) is 3.79. The Morgan fingerprint density at radius 3 is 3.09 bits per heavy atom. The molecule has 2 aromatic rings. The second kappa shape index (κ2) is 7.17. The van der Waals surface area contributed by atoms with Crippen molar-refractivity contribution in [3.05, 3.63) is 48.8 Å². The Kier molecular flexibility index (Phi) is 4.80. The first-order valence-electron chi connectivity index (χ1n) is 7.52. The Morgan fingerprint density at radius 1 is 1.36 bits per heavy atom. The molecule has 22 heavy (non-hydrogen) atoms. The number of ether oxygens (including phenoxy) is 1. The first-order chi connectivity index (χ1) is 10.8. The lowest BCUT2D eigenvalue weighted by molar-refractivity contribution is -0.132. The van der Waals surface area contributed by atoms with Crippen LogP contribution in [0, 0.1) is 5.92 Å². The van der Waals surface area contributed by atoms with Crippen LogP contribution < -0.4 is 0 Å². The first kappa shape index (κ1) is 14.7. The number of amides is 1. The van der Waals surface area contributed by atoms with Crippen LogP contribution in [0.1, 0.15) is 5.69 Å². The quantitative estimate of drug-likeness (QED) is 0.845. The van der Waals surface area contributed by atoms with E-state index in [4.69, 9.17) is 4.74 Å². The predicted molar refractivity (Wildman–Crippen MR) is 81.1 cm³/mol. The van der Waals surface area contributed by atoms with Gasteiger partial charge in [-0.1, -0.05) is 6.07 Å². The molecule has 0 aliphatic carbocycles. The average molecular weight is 300 g/mol. The van der Waals surface area contributed by atoms with Gasteiger partial charge in [0, 0.05) is 43.3 Å². The molecule has 0 bridgehead atoms. The molecule has 3 rings (SSSR count). The molecule has 1 aliphatic rings. The number of carbonyl (C=O) groups excluding carboxylic acids is 1. The Labute approximate surface area is 129 Å². The monoisotopic (exact) mass is 300 g/mol. The highest BCUT2D eigenvalue weighted by Crippen LogP contribution is 2.13. The van der Waals surface area contributed by atoms with Gasteiger partial charge in [-0.15, -0.1) is 0 Å². The summed E-state index contributed by atoms with van der Waals surface area (Å²) in [7, 11) is 0. The second-order valence-corrected chi connectivity index (χ2v) is 5.54. The van der Waals surface area contributed by atoms with E-state index in [1.807, 2.05) is 23.1 Å². The highest BCUT2D eigenvalue weighted by atomic mass is 16.5. The van der Waals surface area contributed by atoms with Crippen LogP contribution in [0.25, 0.3) is 0 Å². The van der Waals surface area contributed by atoms with E-state index in [2.05, 4.69) is 9.97 Å². The van der Waals surface area contributed by atoms with E-state index in [-0.39, 0.29) is 11.8 Å². The van der Waals surface area contributed by atoms with Crippen LogP contribution >= 0.6 is 0 Å². The summed E-state index contributed by atoms with van der Waals surface area (Å²) in [5.41, 5.74) is 1.04. The van der Waals surface area contributed by atoms with Crippen molar-refractivity contribution in [3.63, 3.8) is 0 Å². The zero-order valence-corrected chi connectivity index (χ0v) is 12.5. The van der Waals surface area contributed by atoms with E-state index in [1.165, 1.54) is 0 Å². The van der Waals surface area contributed by atoms with Crippen molar-refractivity contribution in [2.45, 2.75) is 13.0 Å². The number of aromatic nitrogens is 3. The SMILES string of the molecule is O=C(Cn1ccnc1)N1CCOC[C@@H](Cc2ccccn2)C1. The molecular formula is C16H20N4O2. The van der Waals surface area contributed by atoms with Crippen molar-refractivity contribution in [1.29, 1.82) is 0 Å². The lowest BCUT2D eigenvalue weighted by Gasteiger charge is -2.23. The number of hydrogen-bond acceptors (Lipinski definition) is 4. The second-order valence-electron chi connectivity index (χ2n) is 5.54. The van der Waals surface area contributed by atoms with E-state index in [9.17, 15) is 4.79 Å². The maximum Gasteiger partial charge on any atom is 0.242 e. The number of hydrogen-bond donors (Lipinski definition) is 0. The fraction of sp³-hybridized carbons (Fsp3) is 0.438. The molecular weight excluding hydrogens is 280 g/mol. The van der Waals surface area contributed by atoms with Gasteiger partial charge in [-0.3, -0.25) is 9.78 Å². The molecule has 116 valence electrons. The van der Waals surface area contributed by atoms with Gasteiger partial charge in [-0.05, 0) is 18.6 Å². The number of nitrogens with zero attached hydrogens (tertiary/aromatic N) is 4. The van der Waals surface area contributed by atoms with Crippen molar-refractivity contribution in [2.24, 2.45) is 5.92 Å². The highest BCUT2D eigenvalue weighted by molar-refractivity contribution is 5.76. The van der Waals surface area contributed by atoms with Crippen LogP contribution in [-0.4, -0.2) is 51.6 Å². The first-order valence-corrected chi connectivity index (χ1v) is 7.52. The predicted octanol–water partition coefficient (Wildman–Crippen LogP) is 0.996. The van der Waals surface area contributed by atoms with E-state index >= 15 is 0 Å². The van der Waals surface area contributed by atoms with Crippen LogP contribution in [-0.2, 0) is 22.5 Å². The van der Waals surface area contributed by atoms with Gasteiger partial charge < -0.3 is 14.2 Å². The minimum atomic E-state index is 0.106. The topological polar surface area (TPSA) is 60.2 Å². The van der Waals surface area contributed by atoms with Gasteiger partial charge in [-0.25, -0.2) is 4.98 Å². The summed E-state index contributed by atoms with van der Waals surface area (Å²) < 4.78 is 7.45. The average Bonchev–Trinajstić information content (AvgIpc) is 2.93. The molecule has 1 atom stereocenters. The number of rotatable bonds is 4. The fourth-order valence-electron chi connectivity index (χ4n) is 2.68. The molecule has 0 radical (unpaired) electrons. The fourth-order valence-corrected chi connectivity index (χ4v) is 2.68. The Hall–Kier alpha value is -2.21. The van der Waals surface area contributed by atoms with Crippen molar-refractivity contribution in [3.8, 4) is 0 Å². The highest BCUT2D eigenvalue weighted by Gasteiger charge is 2.23. The molecule has 0 saturated carbocycles. The molecule has 6 heteroatoms. The van der Waals surface area contributed by atoms with Crippen LogP contribution in [0.5, 0.6) is 0 Å². The molecule has 1 amide bonds. The zero-order valence-electron chi connectivity index (χ0n) is 12.5.